The topological polar surface area (TPSA) is 140 Å². The van der Waals surface area contributed by atoms with Gasteiger partial charge in [0, 0.05) is 19.2 Å². The van der Waals surface area contributed by atoms with Crippen molar-refractivity contribution in [3.8, 4) is 17.9 Å². The third kappa shape index (κ3) is 5.87. The van der Waals surface area contributed by atoms with Gasteiger partial charge in [0.15, 0.2) is 0 Å². The minimum absolute atomic E-state index is 0.0169. The van der Waals surface area contributed by atoms with Crippen LogP contribution in [-0.2, 0) is 19.6 Å². The van der Waals surface area contributed by atoms with Gasteiger partial charge in [-0.1, -0.05) is 12.1 Å². The number of carbonyl (C=O) groups excluding carboxylic acids is 2. The first kappa shape index (κ1) is 24.6. The number of sulfonamides is 1. The fraction of sp³-hybridized carbons (Fsp3) is 0.250. The minimum Gasteiger partial charge on any atom is -0.425 e. The van der Waals surface area contributed by atoms with E-state index in [2.05, 4.69) is 5.32 Å². The summed E-state index contributed by atoms with van der Waals surface area (Å²) < 4.78 is 33.1. The van der Waals surface area contributed by atoms with Gasteiger partial charge in [0.1, 0.15) is 29.5 Å². The van der Waals surface area contributed by atoms with Gasteiger partial charge in [0.2, 0.25) is 15.9 Å². The van der Waals surface area contributed by atoms with Gasteiger partial charge in [-0.3, -0.25) is 4.79 Å². The van der Waals surface area contributed by atoms with Gasteiger partial charge in [0.25, 0.3) is 0 Å². The van der Waals surface area contributed by atoms with E-state index in [0.29, 0.717) is 30.5 Å². The molecule has 3 rings (SSSR count). The van der Waals surface area contributed by atoms with E-state index in [4.69, 9.17) is 15.3 Å². The number of amides is 1. The number of piperidine rings is 1. The van der Waals surface area contributed by atoms with Crippen molar-refractivity contribution in [2.24, 2.45) is 0 Å². The number of ether oxygens (including phenoxy) is 1. The first-order chi connectivity index (χ1) is 16.2. The summed E-state index contributed by atoms with van der Waals surface area (Å²) in [7, 11) is -3.97. The van der Waals surface area contributed by atoms with Crippen LogP contribution in [0.3, 0.4) is 0 Å². The SMILES string of the molecule is CC(=O)Nc1ccc(S(=O)(=O)N2CCCCC2C(=O)Oc2ccc(C=C(C#N)C#N)cc2)cc1. The predicted octanol–water partition coefficient (Wildman–Crippen LogP) is 3.22. The molecular formula is C24H22N4O5S. The van der Waals surface area contributed by atoms with Crippen molar-refractivity contribution >= 4 is 33.7 Å². The summed E-state index contributed by atoms with van der Waals surface area (Å²) in [6, 6.07) is 14.5. The average molecular weight is 479 g/mol. The zero-order valence-corrected chi connectivity index (χ0v) is 19.2. The zero-order chi connectivity index (χ0) is 24.7. The number of esters is 1. The maximum absolute atomic E-state index is 13.3. The summed E-state index contributed by atoms with van der Waals surface area (Å²) in [6.07, 6.45) is 3.03. The summed E-state index contributed by atoms with van der Waals surface area (Å²) in [5.74, 6) is -0.731. The van der Waals surface area contributed by atoms with Gasteiger partial charge < -0.3 is 10.1 Å². The minimum atomic E-state index is -3.97. The Balaban J connectivity index is 1.77. The molecule has 2 aromatic carbocycles. The summed E-state index contributed by atoms with van der Waals surface area (Å²) in [6.45, 7) is 1.54. The molecule has 1 fully saturated rings. The second-order valence-electron chi connectivity index (χ2n) is 7.60. The first-order valence-corrected chi connectivity index (χ1v) is 11.9. The van der Waals surface area contributed by atoms with Crippen molar-refractivity contribution in [3.63, 3.8) is 0 Å². The molecule has 1 aliphatic heterocycles. The Morgan fingerprint density at radius 3 is 2.29 bits per heavy atom. The van der Waals surface area contributed by atoms with Crippen LogP contribution in [0.15, 0.2) is 59.0 Å². The molecule has 1 saturated heterocycles. The molecule has 174 valence electrons. The van der Waals surface area contributed by atoms with Crippen molar-refractivity contribution in [3.05, 3.63) is 59.7 Å². The maximum Gasteiger partial charge on any atom is 0.329 e. The molecule has 0 bridgehead atoms. The summed E-state index contributed by atoms with van der Waals surface area (Å²) in [4.78, 5) is 24.1. The molecule has 1 unspecified atom stereocenters. The molecule has 1 aliphatic rings. The third-order valence-corrected chi connectivity index (χ3v) is 7.08. The molecular weight excluding hydrogens is 456 g/mol. The van der Waals surface area contributed by atoms with Crippen LogP contribution in [0.4, 0.5) is 5.69 Å². The van der Waals surface area contributed by atoms with Crippen LogP contribution >= 0.6 is 0 Å². The summed E-state index contributed by atoms with van der Waals surface area (Å²) >= 11 is 0. The molecule has 1 amide bonds. The number of allylic oxidation sites excluding steroid dienone is 1. The van der Waals surface area contributed by atoms with Crippen LogP contribution in [0.2, 0.25) is 0 Å². The van der Waals surface area contributed by atoms with Crippen LogP contribution in [0, 0.1) is 22.7 Å². The number of anilines is 1. The maximum atomic E-state index is 13.3. The Hall–Kier alpha value is -3.99. The van der Waals surface area contributed by atoms with Gasteiger partial charge in [-0.25, -0.2) is 13.2 Å². The third-order valence-electron chi connectivity index (χ3n) is 5.16. The molecule has 1 N–H and O–H groups in total. The van der Waals surface area contributed by atoms with E-state index in [9.17, 15) is 18.0 Å². The van der Waals surface area contributed by atoms with E-state index in [-0.39, 0.29) is 28.7 Å². The van der Waals surface area contributed by atoms with Crippen LogP contribution < -0.4 is 10.1 Å². The van der Waals surface area contributed by atoms with Gasteiger partial charge in [-0.2, -0.15) is 14.8 Å². The smallest absolute Gasteiger partial charge is 0.329 e. The second kappa shape index (κ2) is 10.8. The van der Waals surface area contributed by atoms with Crippen molar-refractivity contribution in [2.45, 2.75) is 37.1 Å². The molecule has 2 aromatic rings. The molecule has 0 saturated carbocycles. The quantitative estimate of drug-likeness (QED) is 0.382. The lowest BCUT2D eigenvalue weighted by Gasteiger charge is -2.33. The van der Waals surface area contributed by atoms with Gasteiger partial charge in [0.05, 0.1) is 4.90 Å². The van der Waals surface area contributed by atoms with E-state index < -0.39 is 22.0 Å². The predicted molar refractivity (Wildman–Crippen MR) is 124 cm³/mol. The highest BCUT2D eigenvalue weighted by molar-refractivity contribution is 7.89. The van der Waals surface area contributed by atoms with E-state index in [1.165, 1.54) is 49.4 Å². The van der Waals surface area contributed by atoms with Crippen molar-refractivity contribution in [2.75, 3.05) is 11.9 Å². The lowest BCUT2D eigenvalue weighted by molar-refractivity contribution is -0.139. The number of benzene rings is 2. The Morgan fingerprint density at radius 2 is 1.71 bits per heavy atom. The highest BCUT2D eigenvalue weighted by Crippen LogP contribution is 2.27. The lowest BCUT2D eigenvalue weighted by atomic mass is 10.1. The van der Waals surface area contributed by atoms with Crippen molar-refractivity contribution < 1.29 is 22.7 Å². The monoisotopic (exact) mass is 478 g/mol. The number of nitrogens with zero attached hydrogens (tertiary/aromatic N) is 3. The zero-order valence-electron chi connectivity index (χ0n) is 18.4. The van der Waals surface area contributed by atoms with Crippen LogP contribution in [0.5, 0.6) is 5.75 Å². The van der Waals surface area contributed by atoms with Crippen molar-refractivity contribution in [1.29, 1.82) is 10.5 Å². The van der Waals surface area contributed by atoms with E-state index in [1.54, 1.807) is 24.3 Å². The lowest BCUT2D eigenvalue weighted by Crippen LogP contribution is -2.49. The van der Waals surface area contributed by atoms with Crippen molar-refractivity contribution in [1.82, 2.24) is 4.31 Å². The highest BCUT2D eigenvalue weighted by Gasteiger charge is 2.38. The molecule has 1 atom stereocenters. The highest BCUT2D eigenvalue weighted by atomic mass is 32.2. The molecule has 1 heterocycles. The average Bonchev–Trinajstić information content (AvgIpc) is 2.83. The standard InChI is InChI=1S/C24H22N4O5S/c1-17(29)27-20-7-11-22(12-8-20)34(31,32)28-13-3-2-4-23(28)24(30)33-21-9-5-18(6-10-21)14-19(15-25)16-26/h5-12,14,23H,2-4,13H2,1H3,(H,27,29). The number of rotatable bonds is 6. The summed E-state index contributed by atoms with van der Waals surface area (Å²) in [5.41, 5.74) is 0.997. The van der Waals surface area contributed by atoms with Gasteiger partial charge in [-0.15, -0.1) is 0 Å². The molecule has 9 nitrogen and oxygen atoms in total. The number of hydrogen-bond donors (Lipinski definition) is 1. The van der Waals surface area contributed by atoms with E-state index in [1.807, 2.05) is 0 Å². The Labute approximate surface area is 197 Å². The summed E-state index contributed by atoms with van der Waals surface area (Å²) in [5, 5.41) is 20.3. The molecule has 10 heteroatoms. The number of hydrogen-bond acceptors (Lipinski definition) is 7. The Kier molecular flexibility index (Phi) is 7.79. The molecule has 0 aliphatic carbocycles. The fourth-order valence-corrected chi connectivity index (χ4v) is 5.20. The number of nitrogens with one attached hydrogen (secondary N) is 1. The van der Waals surface area contributed by atoms with Gasteiger partial charge >= 0.3 is 5.97 Å². The van der Waals surface area contributed by atoms with E-state index >= 15 is 0 Å². The Bertz CT molecular complexity index is 1270. The van der Waals surface area contributed by atoms with Gasteiger partial charge in [-0.05, 0) is 67.3 Å². The fourth-order valence-electron chi connectivity index (χ4n) is 3.55. The molecule has 0 aromatic heterocycles. The van der Waals surface area contributed by atoms with Crippen LogP contribution in [-0.4, -0.2) is 37.2 Å². The molecule has 0 spiro atoms. The first-order valence-electron chi connectivity index (χ1n) is 10.5. The number of carbonyl (C=O) groups is 2. The second-order valence-corrected chi connectivity index (χ2v) is 9.50. The largest absolute Gasteiger partial charge is 0.425 e. The van der Waals surface area contributed by atoms with E-state index in [0.717, 1.165) is 4.31 Å². The number of nitriles is 2. The normalized spacial score (nSPS) is 15.9. The molecule has 0 radical (unpaired) electrons. The van der Waals surface area contributed by atoms with Crippen LogP contribution in [0.1, 0.15) is 31.7 Å². The Morgan fingerprint density at radius 1 is 1.06 bits per heavy atom. The van der Waals surface area contributed by atoms with Crippen LogP contribution in [0.25, 0.3) is 6.08 Å². The molecule has 34 heavy (non-hydrogen) atoms.